The number of rotatable bonds is 6. The number of halogens is 1. The summed E-state index contributed by atoms with van der Waals surface area (Å²) in [5.74, 6) is 0.700. The quantitative estimate of drug-likeness (QED) is 0.838. The van der Waals surface area contributed by atoms with Crippen molar-refractivity contribution in [1.82, 2.24) is 4.90 Å². The Kier molecular flexibility index (Phi) is 3.35. The van der Waals surface area contributed by atoms with E-state index < -0.39 is 0 Å². The van der Waals surface area contributed by atoms with Gasteiger partial charge in [0, 0.05) is 30.7 Å². The Hall–Kier alpha value is -0.930. The van der Waals surface area contributed by atoms with Gasteiger partial charge < -0.3 is 5.73 Å². The second-order valence-corrected chi connectivity index (χ2v) is 5.76. The van der Waals surface area contributed by atoms with Crippen LogP contribution >= 0.6 is 0 Å². The first-order valence-electron chi connectivity index (χ1n) is 6.98. The van der Waals surface area contributed by atoms with Gasteiger partial charge in [0.2, 0.25) is 0 Å². The van der Waals surface area contributed by atoms with Gasteiger partial charge in [-0.15, -0.1) is 0 Å². The van der Waals surface area contributed by atoms with Crippen molar-refractivity contribution in [1.29, 1.82) is 0 Å². The first-order chi connectivity index (χ1) is 8.74. The van der Waals surface area contributed by atoms with Crippen molar-refractivity contribution in [2.45, 2.75) is 37.8 Å². The van der Waals surface area contributed by atoms with Crippen molar-refractivity contribution in [2.24, 2.45) is 11.7 Å². The maximum atomic E-state index is 13.7. The van der Waals surface area contributed by atoms with Crippen LogP contribution in [0.25, 0.3) is 0 Å². The van der Waals surface area contributed by atoms with Gasteiger partial charge in [0.25, 0.3) is 0 Å². The van der Waals surface area contributed by atoms with E-state index in [-0.39, 0.29) is 11.9 Å². The minimum atomic E-state index is -0.203. The molecule has 3 rings (SSSR count). The SMILES string of the molecule is NC(CN(CC1CC1)C1CC1)c1ccccc1F. The number of nitrogens with zero attached hydrogens (tertiary/aromatic N) is 1. The molecule has 0 aromatic heterocycles. The van der Waals surface area contributed by atoms with Crippen LogP contribution in [-0.2, 0) is 0 Å². The van der Waals surface area contributed by atoms with Gasteiger partial charge in [0.1, 0.15) is 5.82 Å². The zero-order valence-electron chi connectivity index (χ0n) is 10.7. The van der Waals surface area contributed by atoms with E-state index in [1.54, 1.807) is 6.07 Å². The summed E-state index contributed by atoms with van der Waals surface area (Å²) in [5.41, 5.74) is 6.83. The molecule has 2 saturated carbocycles. The van der Waals surface area contributed by atoms with Crippen molar-refractivity contribution in [3.8, 4) is 0 Å². The molecule has 0 heterocycles. The van der Waals surface area contributed by atoms with Gasteiger partial charge >= 0.3 is 0 Å². The van der Waals surface area contributed by atoms with Crippen LogP contribution in [-0.4, -0.2) is 24.0 Å². The summed E-state index contributed by atoms with van der Waals surface area (Å²) in [6.45, 7) is 1.95. The van der Waals surface area contributed by atoms with Crippen molar-refractivity contribution < 1.29 is 4.39 Å². The molecule has 3 heteroatoms. The highest BCUT2D eigenvalue weighted by Gasteiger charge is 2.34. The lowest BCUT2D eigenvalue weighted by Crippen LogP contribution is -2.35. The molecule has 2 N–H and O–H groups in total. The zero-order valence-corrected chi connectivity index (χ0v) is 10.7. The molecule has 1 aromatic carbocycles. The second-order valence-electron chi connectivity index (χ2n) is 5.76. The van der Waals surface area contributed by atoms with E-state index in [1.165, 1.54) is 31.7 Å². The molecule has 0 saturated heterocycles. The summed E-state index contributed by atoms with van der Waals surface area (Å²) >= 11 is 0. The molecular formula is C15H21FN2. The Labute approximate surface area is 108 Å². The fraction of sp³-hybridized carbons (Fsp3) is 0.600. The molecule has 2 fully saturated rings. The average molecular weight is 248 g/mol. The topological polar surface area (TPSA) is 29.3 Å². The van der Waals surface area contributed by atoms with Gasteiger partial charge in [-0.1, -0.05) is 18.2 Å². The summed E-state index contributed by atoms with van der Waals surface area (Å²) < 4.78 is 13.7. The maximum absolute atomic E-state index is 13.7. The van der Waals surface area contributed by atoms with Gasteiger partial charge in [-0.3, -0.25) is 4.90 Å². The number of benzene rings is 1. The van der Waals surface area contributed by atoms with Gasteiger partial charge in [-0.05, 0) is 37.7 Å². The van der Waals surface area contributed by atoms with Crippen LogP contribution in [0.5, 0.6) is 0 Å². The predicted molar refractivity (Wildman–Crippen MR) is 70.6 cm³/mol. The summed E-state index contributed by atoms with van der Waals surface area (Å²) in [4.78, 5) is 2.48. The Morgan fingerprint density at radius 2 is 1.94 bits per heavy atom. The van der Waals surface area contributed by atoms with E-state index in [1.807, 2.05) is 12.1 Å². The van der Waals surface area contributed by atoms with Gasteiger partial charge in [0.05, 0.1) is 0 Å². The Morgan fingerprint density at radius 3 is 2.56 bits per heavy atom. The fourth-order valence-electron chi connectivity index (χ4n) is 2.57. The largest absolute Gasteiger partial charge is 0.323 e. The molecule has 0 bridgehead atoms. The predicted octanol–water partition coefficient (Wildman–Crippen LogP) is 2.70. The normalized spacial score (nSPS) is 21.3. The number of nitrogens with two attached hydrogens (primary N) is 1. The van der Waals surface area contributed by atoms with Crippen LogP contribution in [0.4, 0.5) is 4.39 Å². The first kappa shape index (κ1) is 12.1. The molecule has 1 aromatic rings. The van der Waals surface area contributed by atoms with E-state index in [4.69, 9.17) is 5.73 Å². The molecule has 18 heavy (non-hydrogen) atoms. The van der Waals surface area contributed by atoms with Crippen LogP contribution in [0.15, 0.2) is 24.3 Å². The summed E-state index contributed by atoms with van der Waals surface area (Å²) in [7, 11) is 0. The Bertz CT molecular complexity index is 413. The third-order valence-electron chi connectivity index (χ3n) is 3.99. The summed E-state index contributed by atoms with van der Waals surface area (Å²) in [6.07, 6.45) is 5.30. The molecule has 2 aliphatic carbocycles. The van der Waals surface area contributed by atoms with E-state index >= 15 is 0 Å². The highest BCUT2D eigenvalue weighted by molar-refractivity contribution is 5.21. The van der Waals surface area contributed by atoms with Gasteiger partial charge in [-0.25, -0.2) is 4.39 Å². The Balaban J connectivity index is 1.64. The Morgan fingerprint density at radius 1 is 1.22 bits per heavy atom. The summed E-state index contributed by atoms with van der Waals surface area (Å²) in [5, 5.41) is 0. The van der Waals surface area contributed by atoms with E-state index in [2.05, 4.69) is 4.90 Å². The first-order valence-corrected chi connectivity index (χ1v) is 6.98. The highest BCUT2D eigenvalue weighted by atomic mass is 19.1. The minimum Gasteiger partial charge on any atom is -0.323 e. The molecule has 0 radical (unpaired) electrons. The maximum Gasteiger partial charge on any atom is 0.128 e. The van der Waals surface area contributed by atoms with E-state index in [0.717, 1.165) is 19.0 Å². The van der Waals surface area contributed by atoms with Crippen LogP contribution < -0.4 is 5.73 Å². The van der Waals surface area contributed by atoms with Crippen LogP contribution in [0.2, 0.25) is 0 Å². The monoisotopic (exact) mass is 248 g/mol. The van der Waals surface area contributed by atoms with Crippen LogP contribution in [0, 0.1) is 11.7 Å². The molecule has 0 aliphatic heterocycles. The third-order valence-corrected chi connectivity index (χ3v) is 3.99. The molecule has 98 valence electrons. The molecule has 0 spiro atoms. The lowest BCUT2D eigenvalue weighted by atomic mass is 10.1. The molecule has 0 amide bonds. The standard InChI is InChI=1S/C15H21FN2/c16-14-4-2-1-3-13(14)15(17)10-18(12-7-8-12)9-11-5-6-11/h1-4,11-12,15H,5-10,17H2. The van der Waals surface area contributed by atoms with Gasteiger partial charge in [-0.2, -0.15) is 0 Å². The van der Waals surface area contributed by atoms with Crippen LogP contribution in [0.1, 0.15) is 37.3 Å². The van der Waals surface area contributed by atoms with E-state index in [0.29, 0.717) is 11.6 Å². The summed E-state index contributed by atoms with van der Waals surface area (Å²) in [6, 6.07) is 7.39. The lowest BCUT2D eigenvalue weighted by molar-refractivity contribution is 0.236. The molecule has 2 nitrogen and oxygen atoms in total. The highest BCUT2D eigenvalue weighted by Crippen LogP contribution is 2.35. The molecule has 1 atom stereocenters. The smallest absolute Gasteiger partial charge is 0.128 e. The molecule has 2 aliphatic rings. The fourth-order valence-corrected chi connectivity index (χ4v) is 2.57. The third kappa shape index (κ3) is 2.90. The van der Waals surface area contributed by atoms with Crippen LogP contribution in [0.3, 0.4) is 0 Å². The zero-order chi connectivity index (χ0) is 12.5. The van der Waals surface area contributed by atoms with Crippen molar-refractivity contribution in [3.63, 3.8) is 0 Å². The number of hydrogen-bond acceptors (Lipinski definition) is 2. The van der Waals surface area contributed by atoms with Gasteiger partial charge in [0.15, 0.2) is 0 Å². The minimum absolute atomic E-state index is 0.174. The average Bonchev–Trinajstić information content (AvgIpc) is 3.22. The van der Waals surface area contributed by atoms with E-state index in [9.17, 15) is 4.39 Å². The molecular weight excluding hydrogens is 227 g/mol. The lowest BCUT2D eigenvalue weighted by Gasteiger charge is -2.25. The second kappa shape index (κ2) is 4.98. The number of hydrogen-bond donors (Lipinski definition) is 1. The van der Waals surface area contributed by atoms with Crippen molar-refractivity contribution in [3.05, 3.63) is 35.6 Å². The molecule has 1 unspecified atom stereocenters. The van der Waals surface area contributed by atoms with Crippen molar-refractivity contribution >= 4 is 0 Å². The van der Waals surface area contributed by atoms with Crippen molar-refractivity contribution in [2.75, 3.05) is 13.1 Å².